The van der Waals surface area contributed by atoms with Crippen LogP contribution in [-0.4, -0.2) is 31.3 Å². The fraction of sp³-hybridized carbons (Fsp3) is 0.176. The highest BCUT2D eigenvalue weighted by Crippen LogP contribution is 2.17. The van der Waals surface area contributed by atoms with E-state index >= 15 is 0 Å². The number of hydrogen-bond acceptors (Lipinski definition) is 4. The Labute approximate surface area is 143 Å². The Balaban J connectivity index is 1.93. The summed E-state index contributed by atoms with van der Waals surface area (Å²) in [5.74, 6) is -0.575. The third-order valence-electron chi connectivity index (χ3n) is 3.23. The maximum absolute atomic E-state index is 11.9. The third-order valence-corrected chi connectivity index (χ3v) is 3.76. The van der Waals surface area contributed by atoms with Gasteiger partial charge in [-0.1, -0.05) is 40.2 Å². The normalized spacial score (nSPS) is 12.2. The molecule has 0 saturated heterocycles. The Morgan fingerprint density at radius 2 is 1.78 bits per heavy atom. The van der Waals surface area contributed by atoms with Crippen molar-refractivity contribution in [2.24, 2.45) is 5.10 Å². The first kappa shape index (κ1) is 17.2. The summed E-state index contributed by atoms with van der Waals surface area (Å²) in [6, 6.07) is 14.6. The first-order valence-corrected chi connectivity index (χ1v) is 7.80. The Hall–Kier alpha value is -2.18. The topological polar surface area (TPSA) is 64.9 Å². The minimum absolute atomic E-state index is 0.510. The fourth-order valence-electron chi connectivity index (χ4n) is 1.89. The van der Waals surface area contributed by atoms with Crippen molar-refractivity contribution in [2.75, 3.05) is 19.0 Å². The van der Waals surface area contributed by atoms with Gasteiger partial charge >= 0.3 is 0 Å². The number of carbonyl (C=O) groups is 1. The predicted octanol–water partition coefficient (Wildman–Crippen LogP) is 2.70. The number of nitrogens with one attached hydrogen (secondary N) is 1. The lowest BCUT2D eigenvalue weighted by Gasteiger charge is -2.11. The van der Waals surface area contributed by atoms with Crippen LogP contribution in [0, 0.1) is 0 Å². The van der Waals surface area contributed by atoms with Crippen LogP contribution < -0.4 is 10.3 Å². The number of aliphatic hydroxyl groups excluding tert-OH is 1. The lowest BCUT2D eigenvalue weighted by Crippen LogP contribution is -2.25. The maximum atomic E-state index is 11.9. The highest BCUT2D eigenvalue weighted by molar-refractivity contribution is 9.10. The van der Waals surface area contributed by atoms with Crippen LogP contribution in [0.2, 0.25) is 0 Å². The molecule has 23 heavy (non-hydrogen) atoms. The van der Waals surface area contributed by atoms with Crippen LogP contribution >= 0.6 is 15.9 Å². The van der Waals surface area contributed by atoms with Crippen LogP contribution in [0.15, 0.2) is 58.1 Å². The van der Waals surface area contributed by atoms with Gasteiger partial charge in [0.15, 0.2) is 6.10 Å². The number of amides is 1. The van der Waals surface area contributed by atoms with Gasteiger partial charge in [-0.15, -0.1) is 0 Å². The number of nitrogens with zero attached hydrogens (tertiary/aromatic N) is 2. The van der Waals surface area contributed by atoms with Crippen molar-refractivity contribution >= 4 is 33.7 Å². The summed E-state index contributed by atoms with van der Waals surface area (Å²) in [6.07, 6.45) is 0.280. The fourth-order valence-corrected chi connectivity index (χ4v) is 2.15. The summed E-state index contributed by atoms with van der Waals surface area (Å²) in [5, 5.41) is 13.8. The van der Waals surface area contributed by atoms with E-state index in [1.807, 2.05) is 43.3 Å². The SMILES string of the molecule is CN(C)c1ccc(C=NNC(=O)[C@H](O)c2ccc(Br)cc2)cc1. The average Bonchev–Trinajstić information content (AvgIpc) is 2.55. The Kier molecular flexibility index (Phi) is 5.90. The zero-order valence-corrected chi connectivity index (χ0v) is 14.5. The van der Waals surface area contributed by atoms with E-state index in [9.17, 15) is 9.90 Å². The molecule has 1 atom stereocenters. The van der Waals surface area contributed by atoms with Gasteiger partial charge < -0.3 is 10.0 Å². The first-order chi connectivity index (χ1) is 11.0. The van der Waals surface area contributed by atoms with Crippen LogP contribution in [-0.2, 0) is 4.79 Å². The highest BCUT2D eigenvalue weighted by Gasteiger charge is 2.16. The second-order valence-electron chi connectivity index (χ2n) is 5.17. The van der Waals surface area contributed by atoms with Gasteiger partial charge in [0.2, 0.25) is 0 Å². The number of aliphatic hydroxyl groups is 1. The Morgan fingerprint density at radius 1 is 1.17 bits per heavy atom. The molecule has 2 rings (SSSR count). The minimum Gasteiger partial charge on any atom is -0.378 e. The van der Waals surface area contributed by atoms with Crippen LogP contribution in [0.3, 0.4) is 0 Å². The van der Waals surface area contributed by atoms with Gasteiger partial charge in [0.05, 0.1) is 6.21 Å². The molecule has 0 radical (unpaired) electrons. The van der Waals surface area contributed by atoms with E-state index in [0.29, 0.717) is 5.56 Å². The molecular weight excluding hydrogens is 358 g/mol. The predicted molar refractivity (Wildman–Crippen MR) is 95.6 cm³/mol. The zero-order valence-electron chi connectivity index (χ0n) is 12.9. The molecule has 2 aromatic carbocycles. The lowest BCUT2D eigenvalue weighted by molar-refractivity contribution is -0.129. The molecule has 0 fully saturated rings. The summed E-state index contributed by atoms with van der Waals surface area (Å²) in [5.41, 5.74) is 4.79. The molecule has 2 aromatic rings. The monoisotopic (exact) mass is 375 g/mol. The van der Waals surface area contributed by atoms with Crippen LogP contribution in [0.1, 0.15) is 17.2 Å². The summed E-state index contributed by atoms with van der Waals surface area (Å²) in [4.78, 5) is 13.9. The van der Waals surface area contributed by atoms with Crippen LogP contribution in [0.25, 0.3) is 0 Å². The second-order valence-corrected chi connectivity index (χ2v) is 6.09. The van der Waals surface area contributed by atoms with Crippen LogP contribution in [0.4, 0.5) is 5.69 Å². The van der Waals surface area contributed by atoms with Crippen molar-refractivity contribution in [3.8, 4) is 0 Å². The average molecular weight is 376 g/mol. The van der Waals surface area contributed by atoms with E-state index in [1.54, 1.807) is 24.3 Å². The van der Waals surface area contributed by atoms with E-state index in [0.717, 1.165) is 15.7 Å². The Bertz CT molecular complexity index is 682. The molecule has 0 aliphatic carbocycles. The molecule has 6 heteroatoms. The lowest BCUT2D eigenvalue weighted by atomic mass is 10.1. The quantitative estimate of drug-likeness (QED) is 0.623. The van der Waals surface area contributed by atoms with Crippen molar-refractivity contribution in [2.45, 2.75) is 6.10 Å². The smallest absolute Gasteiger partial charge is 0.273 e. The molecule has 120 valence electrons. The highest BCUT2D eigenvalue weighted by atomic mass is 79.9. The van der Waals surface area contributed by atoms with E-state index in [-0.39, 0.29) is 0 Å². The van der Waals surface area contributed by atoms with Gasteiger partial charge in [0.25, 0.3) is 5.91 Å². The Morgan fingerprint density at radius 3 is 2.35 bits per heavy atom. The standard InChI is InChI=1S/C17H18BrN3O2/c1-21(2)15-9-3-12(4-10-15)11-19-20-17(23)16(22)13-5-7-14(18)8-6-13/h3-11,16,22H,1-2H3,(H,20,23)/t16-/m1/s1. The van der Waals surface area contributed by atoms with Crippen LogP contribution in [0.5, 0.6) is 0 Å². The summed E-state index contributed by atoms with van der Waals surface area (Å²) in [7, 11) is 3.93. The number of hydrogen-bond donors (Lipinski definition) is 2. The molecule has 0 spiro atoms. The number of hydrazone groups is 1. The number of benzene rings is 2. The van der Waals surface area contributed by atoms with Gasteiger partial charge in [0.1, 0.15) is 0 Å². The minimum atomic E-state index is -1.25. The largest absolute Gasteiger partial charge is 0.378 e. The van der Waals surface area contributed by atoms with E-state index in [2.05, 4.69) is 26.5 Å². The summed E-state index contributed by atoms with van der Waals surface area (Å²) >= 11 is 3.30. The first-order valence-electron chi connectivity index (χ1n) is 7.01. The van der Waals surface area contributed by atoms with Crippen molar-refractivity contribution in [1.29, 1.82) is 0 Å². The van der Waals surface area contributed by atoms with Crippen molar-refractivity contribution in [1.82, 2.24) is 5.43 Å². The van der Waals surface area contributed by atoms with Gasteiger partial charge in [0, 0.05) is 24.3 Å². The maximum Gasteiger partial charge on any atom is 0.273 e. The second kappa shape index (κ2) is 7.89. The van der Waals surface area contributed by atoms with E-state index in [4.69, 9.17) is 0 Å². The zero-order chi connectivity index (χ0) is 16.8. The molecule has 0 aliphatic heterocycles. The molecular formula is C17H18BrN3O2. The molecule has 0 unspecified atom stereocenters. The molecule has 2 N–H and O–H groups in total. The number of rotatable bonds is 5. The molecule has 0 saturated carbocycles. The van der Waals surface area contributed by atoms with Crippen molar-refractivity contribution in [3.63, 3.8) is 0 Å². The molecule has 5 nitrogen and oxygen atoms in total. The van der Waals surface area contributed by atoms with Gasteiger partial charge in [-0.2, -0.15) is 5.10 Å². The van der Waals surface area contributed by atoms with Gasteiger partial charge in [-0.05, 0) is 35.4 Å². The van der Waals surface area contributed by atoms with Gasteiger partial charge in [-0.3, -0.25) is 4.79 Å². The van der Waals surface area contributed by atoms with Crippen molar-refractivity contribution < 1.29 is 9.90 Å². The number of anilines is 1. The summed E-state index contributed by atoms with van der Waals surface area (Å²) in [6.45, 7) is 0. The molecule has 0 heterocycles. The number of carbonyl (C=O) groups excluding carboxylic acids is 1. The molecule has 0 aromatic heterocycles. The van der Waals surface area contributed by atoms with E-state index < -0.39 is 12.0 Å². The van der Waals surface area contributed by atoms with Gasteiger partial charge in [-0.25, -0.2) is 5.43 Å². The molecule has 0 bridgehead atoms. The van der Waals surface area contributed by atoms with Crippen molar-refractivity contribution in [3.05, 3.63) is 64.1 Å². The van der Waals surface area contributed by atoms with E-state index in [1.165, 1.54) is 6.21 Å². The number of halogens is 1. The third kappa shape index (κ3) is 4.91. The molecule has 1 amide bonds. The summed E-state index contributed by atoms with van der Waals surface area (Å²) < 4.78 is 0.882. The molecule has 0 aliphatic rings.